The third-order valence-corrected chi connectivity index (χ3v) is 3.99. The van der Waals surface area contributed by atoms with Crippen LogP contribution in [-0.4, -0.2) is 27.7 Å². The van der Waals surface area contributed by atoms with E-state index in [2.05, 4.69) is 11.6 Å². The van der Waals surface area contributed by atoms with Gasteiger partial charge in [0.15, 0.2) is 5.78 Å². The number of ketones is 1. The number of aliphatic hydroxyl groups is 1. The fraction of sp³-hybridized carbons (Fsp3) is 0.273. The molecule has 0 aliphatic carbocycles. The molecule has 0 saturated heterocycles. The normalized spacial score (nSPS) is 12.1. The van der Waals surface area contributed by atoms with Gasteiger partial charge in [0.1, 0.15) is 11.1 Å². The summed E-state index contributed by atoms with van der Waals surface area (Å²) in [4.78, 5) is 15.4. The predicted octanol–water partition coefficient (Wildman–Crippen LogP) is 2.33. The lowest BCUT2D eigenvalue weighted by Gasteiger charge is -2.07. The van der Waals surface area contributed by atoms with Crippen molar-refractivity contribution in [2.75, 3.05) is 5.75 Å². The Morgan fingerprint density at radius 1 is 1.62 bits per heavy atom. The maximum absolute atomic E-state index is 11.3. The summed E-state index contributed by atoms with van der Waals surface area (Å²) in [5, 5.41) is 10.4. The second-order valence-corrected chi connectivity index (χ2v) is 5.56. The van der Waals surface area contributed by atoms with Crippen LogP contribution in [0.15, 0.2) is 41.6 Å². The highest BCUT2D eigenvalue weighted by Crippen LogP contribution is 2.29. The average molecular weight is 255 g/mol. The van der Waals surface area contributed by atoms with Crippen LogP contribution in [-0.2, 0) is 4.79 Å². The Hall–Kier alpha value is -0.780. The van der Waals surface area contributed by atoms with Crippen LogP contribution in [0.3, 0.4) is 0 Å². The molecule has 0 radical (unpaired) electrons. The van der Waals surface area contributed by atoms with Gasteiger partial charge in [-0.1, -0.05) is 23.4 Å². The molecule has 0 bridgehead atoms. The second kappa shape index (κ2) is 6.73. The molecule has 1 rings (SSSR count). The summed E-state index contributed by atoms with van der Waals surface area (Å²) in [6.45, 7) is 5.10. The van der Waals surface area contributed by atoms with E-state index in [0.29, 0.717) is 11.3 Å². The van der Waals surface area contributed by atoms with Gasteiger partial charge in [0.05, 0.1) is 0 Å². The second-order valence-electron chi connectivity index (χ2n) is 3.20. The first-order chi connectivity index (χ1) is 7.61. The molecule has 16 heavy (non-hydrogen) atoms. The fourth-order valence-electron chi connectivity index (χ4n) is 0.915. The molecule has 0 amide bonds. The smallest absolute Gasteiger partial charge is 0.187 e. The molecular formula is C11H13NO2S2. The van der Waals surface area contributed by atoms with Crippen molar-refractivity contribution in [3.63, 3.8) is 0 Å². The van der Waals surface area contributed by atoms with Gasteiger partial charge in [-0.25, -0.2) is 4.98 Å². The fourth-order valence-corrected chi connectivity index (χ4v) is 2.87. The largest absolute Gasteiger partial charge is 0.384 e. The minimum absolute atomic E-state index is 0.297. The molecular weight excluding hydrogens is 242 g/mol. The molecule has 0 aliphatic heterocycles. The number of pyridine rings is 1. The van der Waals surface area contributed by atoms with E-state index < -0.39 is 6.10 Å². The summed E-state index contributed by atoms with van der Waals surface area (Å²) in [6.07, 6.45) is 0.733. The summed E-state index contributed by atoms with van der Waals surface area (Å²) in [7, 11) is 2.84. The summed E-state index contributed by atoms with van der Waals surface area (Å²) in [5.41, 5.74) is 0.385. The van der Waals surface area contributed by atoms with Gasteiger partial charge in [-0.05, 0) is 35.4 Å². The first kappa shape index (κ1) is 13.3. The van der Waals surface area contributed by atoms with E-state index in [-0.39, 0.29) is 5.78 Å². The van der Waals surface area contributed by atoms with Crippen molar-refractivity contribution in [2.45, 2.75) is 18.1 Å². The molecule has 1 aromatic heterocycles. The quantitative estimate of drug-likeness (QED) is 0.624. The van der Waals surface area contributed by atoms with Gasteiger partial charge in [0.2, 0.25) is 0 Å². The van der Waals surface area contributed by atoms with E-state index in [9.17, 15) is 9.90 Å². The first-order valence-electron chi connectivity index (χ1n) is 4.69. The third-order valence-electron chi connectivity index (χ3n) is 1.73. The lowest BCUT2D eigenvalue weighted by molar-refractivity contribution is -0.122. The van der Waals surface area contributed by atoms with E-state index >= 15 is 0 Å². The summed E-state index contributed by atoms with van der Waals surface area (Å²) >= 11 is 0. The van der Waals surface area contributed by atoms with E-state index in [0.717, 1.165) is 5.03 Å². The van der Waals surface area contributed by atoms with E-state index in [1.54, 1.807) is 13.1 Å². The van der Waals surface area contributed by atoms with Gasteiger partial charge in [-0.3, -0.25) is 4.79 Å². The van der Waals surface area contributed by atoms with Gasteiger partial charge in [-0.2, -0.15) is 0 Å². The molecule has 1 atom stereocenters. The van der Waals surface area contributed by atoms with Crippen molar-refractivity contribution in [1.29, 1.82) is 0 Å². The number of carbonyl (C=O) groups is 1. The SMILES string of the molecule is C=C(C)C(=O)C(O)CSSc1ccccn1. The standard InChI is InChI=1S/C11H13NO2S2/c1-8(2)11(14)9(13)7-15-16-10-5-3-4-6-12-10/h3-6,9,13H,1,7H2,2H3. The molecule has 5 heteroatoms. The van der Waals surface area contributed by atoms with Crippen molar-refractivity contribution in [3.8, 4) is 0 Å². The van der Waals surface area contributed by atoms with E-state index in [1.807, 2.05) is 18.2 Å². The topological polar surface area (TPSA) is 50.2 Å². The molecule has 1 heterocycles. The lowest BCUT2D eigenvalue weighted by Crippen LogP contribution is -2.22. The van der Waals surface area contributed by atoms with Crippen LogP contribution < -0.4 is 0 Å². The maximum atomic E-state index is 11.3. The Morgan fingerprint density at radius 3 is 2.94 bits per heavy atom. The number of hydrogen-bond acceptors (Lipinski definition) is 5. The zero-order valence-electron chi connectivity index (χ0n) is 8.92. The van der Waals surface area contributed by atoms with Crippen LogP contribution >= 0.6 is 21.6 Å². The molecule has 1 N–H and O–H groups in total. The van der Waals surface area contributed by atoms with Gasteiger partial charge in [0.25, 0.3) is 0 Å². The Balaban J connectivity index is 2.31. The number of carbonyl (C=O) groups excluding carboxylic acids is 1. The minimum atomic E-state index is -0.973. The van der Waals surface area contributed by atoms with Crippen LogP contribution in [0.4, 0.5) is 0 Å². The molecule has 0 fully saturated rings. The van der Waals surface area contributed by atoms with Gasteiger partial charge in [-0.15, -0.1) is 0 Å². The maximum Gasteiger partial charge on any atom is 0.187 e. The summed E-state index contributed by atoms with van der Waals surface area (Å²) in [6, 6.07) is 5.62. The highest BCUT2D eigenvalue weighted by atomic mass is 33.1. The molecule has 1 unspecified atom stereocenters. The Bertz CT molecular complexity index is 368. The third kappa shape index (κ3) is 4.38. The average Bonchev–Trinajstić information content (AvgIpc) is 2.29. The predicted molar refractivity (Wildman–Crippen MR) is 68.4 cm³/mol. The molecule has 3 nitrogen and oxygen atoms in total. The van der Waals surface area contributed by atoms with Crippen LogP contribution in [0, 0.1) is 0 Å². The number of hydrogen-bond donors (Lipinski definition) is 1. The Kier molecular flexibility index (Phi) is 5.59. The molecule has 0 saturated carbocycles. The van der Waals surface area contributed by atoms with Crippen molar-refractivity contribution in [3.05, 3.63) is 36.5 Å². The van der Waals surface area contributed by atoms with Gasteiger partial charge < -0.3 is 5.11 Å². The van der Waals surface area contributed by atoms with E-state index in [4.69, 9.17) is 0 Å². The van der Waals surface area contributed by atoms with Gasteiger partial charge in [0, 0.05) is 11.9 Å². The molecule has 86 valence electrons. The molecule has 1 aromatic rings. The van der Waals surface area contributed by atoms with Gasteiger partial charge >= 0.3 is 0 Å². The minimum Gasteiger partial charge on any atom is -0.384 e. The Morgan fingerprint density at radius 2 is 2.38 bits per heavy atom. The molecule has 0 aromatic carbocycles. The van der Waals surface area contributed by atoms with Crippen molar-refractivity contribution in [1.82, 2.24) is 4.98 Å². The van der Waals surface area contributed by atoms with Crippen LogP contribution in [0.2, 0.25) is 0 Å². The summed E-state index contributed by atoms with van der Waals surface area (Å²) in [5.74, 6) is 0.0431. The number of nitrogens with zero attached hydrogens (tertiary/aromatic N) is 1. The van der Waals surface area contributed by atoms with Crippen molar-refractivity contribution < 1.29 is 9.90 Å². The zero-order valence-corrected chi connectivity index (χ0v) is 10.6. The highest BCUT2D eigenvalue weighted by molar-refractivity contribution is 8.76. The van der Waals surface area contributed by atoms with Crippen LogP contribution in [0.1, 0.15) is 6.92 Å². The number of aromatic nitrogens is 1. The monoisotopic (exact) mass is 255 g/mol. The van der Waals surface area contributed by atoms with Crippen LogP contribution in [0.5, 0.6) is 0 Å². The summed E-state index contributed by atoms with van der Waals surface area (Å²) < 4.78 is 0. The number of rotatable bonds is 6. The first-order valence-corrected chi connectivity index (χ1v) is 7.01. The molecule has 0 aliphatic rings. The van der Waals surface area contributed by atoms with Crippen molar-refractivity contribution in [2.24, 2.45) is 0 Å². The van der Waals surface area contributed by atoms with Crippen LogP contribution in [0.25, 0.3) is 0 Å². The number of aliphatic hydroxyl groups excluding tert-OH is 1. The highest BCUT2D eigenvalue weighted by Gasteiger charge is 2.15. The zero-order chi connectivity index (χ0) is 12.0. The van der Waals surface area contributed by atoms with E-state index in [1.165, 1.54) is 21.6 Å². The lowest BCUT2D eigenvalue weighted by atomic mass is 10.1. The van der Waals surface area contributed by atoms with Crippen molar-refractivity contribution >= 4 is 27.4 Å². The number of Topliss-reactive ketones (excluding diaryl/α,β-unsaturated/α-hetero) is 1. The molecule has 0 spiro atoms. The Labute approximate surface area is 103 Å².